The van der Waals surface area contributed by atoms with Crippen LogP contribution in [0, 0.1) is 17.8 Å². The number of aryl methyl sites for hydroxylation is 2. The van der Waals surface area contributed by atoms with E-state index >= 15 is 0 Å². The average Bonchev–Trinajstić information content (AvgIpc) is 2.88. The first-order valence-electron chi connectivity index (χ1n) is 8.20. The standard InChI is InChI=1S/C18H25N/c1-2-19-18(17-10-15-9-16(15)11-17)14-7-6-12-4-3-5-13(12)8-14/h6-8,15-19H,2-5,9-11H2,1H3. The van der Waals surface area contributed by atoms with Gasteiger partial charge in [0.2, 0.25) is 0 Å². The highest BCUT2D eigenvalue weighted by molar-refractivity contribution is 5.37. The molecule has 1 N–H and O–H groups in total. The number of hydrogen-bond acceptors (Lipinski definition) is 1. The molecule has 0 heterocycles. The van der Waals surface area contributed by atoms with Crippen molar-refractivity contribution >= 4 is 0 Å². The van der Waals surface area contributed by atoms with E-state index in [0.29, 0.717) is 6.04 Å². The Labute approximate surface area is 116 Å². The molecule has 1 nitrogen and oxygen atoms in total. The summed E-state index contributed by atoms with van der Waals surface area (Å²) >= 11 is 0. The lowest BCUT2D eigenvalue weighted by Crippen LogP contribution is -2.27. The van der Waals surface area contributed by atoms with Gasteiger partial charge in [-0.05, 0) is 79.5 Å². The van der Waals surface area contributed by atoms with Crippen molar-refractivity contribution in [2.45, 2.75) is 51.5 Å². The van der Waals surface area contributed by atoms with Crippen LogP contribution in [0.3, 0.4) is 0 Å². The topological polar surface area (TPSA) is 12.0 Å². The quantitative estimate of drug-likeness (QED) is 0.861. The summed E-state index contributed by atoms with van der Waals surface area (Å²) < 4.78 is 0. The molecule has 19 heavy (non-hydrogen) atoms. The second-order valence-electron chi connectivity index (χ2n) is 6.90. The Hall–Kier alpha value is -0.820. The fourth-order valence-corrected chi connectivity index (χ4v) is 4.60. The summed E-state index contributed by atoms with van der Waals surface area (Å²) in [7, 11) is 0. The minimum absolute atomic E-state index is 0.615. The molecule has 0 bridgehead atoms. The lowest BCUT2D eigenvalue weighted by molar-refractivity contribution is 0.346. The molecule has 1 aromatic rings. The Morgan fingerprint density at radius 1 is 1.11 bits per heavy atom. The van der Waals surface area contributed by atoms with E-state index in [1.165, 1.54) is 38.5 Å². The average molecular weight is 255 g/mol. The number of nitrogens with one attached hydrogen (secondary N) is 1. The van der Waals surface area contributed by atoms with Gasteiger partial charge >= 0.3 is 0 Å². The van der Waals surface area contributed by atoms with E-state index in [2.05, 4.69) is 30.4 Å². The van der Waals surface area contributed by atoms with Gasteiger partial charge in [0.15, 0.2) is 0 Å². The van der Waals surface area contributed by atoms with Crippen LogP contribution in [0.4, 0.5) is 0 Å². The summed E-state index contributed by atoms with van der Waals surface area (Å²) in [5.41, 5.74) is 4.80. The van der Waals surface area contributed by atoms with Gasteiger partial charge in [0.25, 0.3) is 0 Å². The smallest absolute Gasteiger partial charge is 0.0348 e. The summed E-state index contributed by atoms with van der Waals surface area (Å²) in [4.78, 5) is 0. The first kappa shape index (κ1) is 12.0. The maximum atomic E-state index is 3.77. The largest absolute Gasteiger partial charge is 0.310 e. The third-order valence-electron chi connectivity index (χ3n) is 5.66. The van der Waals surface area contributed by atoms with Crippen LogP contribution in [0.2, 0.25) is 0 Å². The van der Waals surface area contributed by atoms with Crippen LogP contribution in [0.1, 0.15) is 55.3 Å². The molecule has 0 amide bonds. The molecule has 2 saturated carbocycles. The monoisotopic (exact) mass is 255 g/mol. The minimum Gasteiger partial charge on any atom is -0.310 e. The Morgan fingerprint density at radius 3 is 2.68 bits per heavy atom. The molecule has 3 atom stereocenters. The van der Waals surface area contributed by atoms with E-state index in [1.807, 2.05) is 0 Å². The molecule has 0 radical (unpaired) electrons. The third kappa shape index (κ3) is 2.12. The molecular weight excluding hydrogens is 230 g/mol. The lowest BCUT2D eigenvalue weighted by Gasteiger charge is -2.26. The lowest BCUT2D eigenvalue weighted by atomic mass is 9.88. The maximum absolute atomic E-state index is 3.77. The van der Waals surface area contributed by atoms with Crippen molar-refractivity contribution in [2.24, 2.45) is 17.8 Å². The van der Waals surface area contributed by atoms with Crippen LogP contribution >= 0.6 is 0 Å². The molecule has 0 aliphatic heterocycles. The van der Waals surface area contributed by atoms with Crippen molar-refractivity contribution in [2.75, 3.05) is 6.54 Å². The zero-order chi connectivity index (χ0) is 12.8. The van der Waals surface area contributed by atoms with Gasteiger partial charge in [-0.3, -0.25) is 0 Å². The van der Waals surface area contributed by atoms with E-state index in [1.54, 1.807) is 16.7 Å². The molecule has 0 saturated heterocycles. The summed E-state index contributed by atoms with van der Waals surface area (Å²) in [5.74, 6) is 3.06. The normalized spacial score (nSPS) is 33.0. The second-order valence-corrected chi connectivity index (χ2v) is 6.90. The highest BCUT2D eigenvalue weighted by Crippen LogP contribution is 2.57. The maximum Gasteiger partial charge on any atom is 0.0348 e. The van der Waals surface area contributed by atoms with Crippen molar-refractivity contribution in [1.82, 2.24) is 5.32 Å². The summed E-state index contributed by atoms with van der Waals surface area (Å²) in [6.07, 6.45) is 8.43. The molecular formula is C18H25N. The summed E-state index contributed by atoms with van der Waals surface area (Å²) in [6.45, 7) is 3.34. The number of benzene rings is 1. The van der Waals surface area contributed by atoms with Crippen LogP contribution in [-0.4, -0.2) is 6.54 Å². The van der Waals surface area contributed by atoms with Crippen molar-refractivity contribution in [1.29, 1.82) is 0 Å². The summed E-state index contributed by atoms with van der Waals surface area (Å²) in [6, 6.07) is 7.93. The molecule has 3 aliphatic carbocycles. The molecule has 3 aliphatic rings. The third-order valence-corrected chi connectivity index (χ3v) is 5.66. The minimum atomic E-state index is 0.615. The first-order chi connectivity index (χ1) is 9.35. The molecule has 0 spiro atoms. The number of hydrogen-bond donors (Lipinski definition) is 1. The molecule has 2 fully saturated rings. The van der Waals surface area contributed by atoms with Crippen molar-refractivity contribution in [3.05, 3.63) is 34.9 Å². The fraction of sp³-hybridized carbons (Fsp3) is 0.667. The molecule has 4 rings (SSSR count). The van der Waals surface area contributed by atoms with E-state index < -0.39 is 0 Å². The van der Waals surface area contributed by atoms with Gasteiger partial charge in [-0.1, -0.05) is 25.1 Å². The van der Waals surface area contributed by atoms with Crippen LogP contribution < -0.4 is 5.32 Å². The first-order valence-corrected chi connectivity index (χ1v) is 8.20. The van der Waals surface area contributed by atoms with Crippen molar-refractivity contribution in [3.63, 3.8) is 0 Å². The van der Waals surface area contributed by atoms with Crippen molar-refractivity contribution in [3.8, 4) is 0 Å². The van der Waals surface area contributed by atoms with Gasteiger partial charge in [0.1, 0.15) is 0 Å². The Morgan fingerprint density at radius 2 is 1.89 bits per heavy atom. The molecule has 1 aromatic carbocycles. The second kappa shape index (κ2) is 4.63. The van der Waals surface area contributed by atoms with Crippen LogP contribution in [0.25, 0.3) is 0 Å². The predicted molar refractivity (Wildman–Crippen MR) is 79.2 cm³/mol. The van der Waals surface area contributed by atoms with Gasteiger partial charge in [0, 0.05) is 6.04 Å². The summed E-state index contributed by atoms with van der Waals surface area (Å²) in [5, 5.41) is 3.77. The van der Waals surface area contributed by atoms with Crippen LogP contribution in [0.15, 0.2) is 18.2 Å². The van der Waals surface area contributed by atoms with E-state index in [9.17, 15) is 0 Å². The predicted octanol–water partition coefficient (Wildman–Crippen LogP) is 3.87. The number of rotatable bonds is 4. The van der Waals surface area contributed by atoms with Gasteiger partial charge in [-0.15, -0.1) is 0 Å². The van der Waals surface area contributed by atoms with E-state index in [4.69, 9.17) is 0 Å². The Bertz CT molecular complexity index is 469. The zero-order valence-electron chi connectivity index (χ0n) is 12.0. The molecule has 3 unspecified atom stereocenters. The van der Waals surface area contributed by atoms with Gasteiger partial charge in [0.05, 0.1) is 0 Å². The SMILES string of the molecule is CCNC(c1ccc2c(c1)CCC2)C1CC2CC2C1. The Balaban J connectivity index is 1.59. The van der Waals surface area contributed by atoms with Gasteiger partial charge < -0.3 is 5.32 Å². The van der Waals surface area contributed by atoms with Gasteiger partial charge in [-0.25, -0.2) is 0 Å². The molecule has 0 aromatic heterocycles. The number of fused-ring (bicyclic) bond motifs is 2. The molecule has 102 valence electrons. The van der Waals surface area contributed by atoms with Crippen LogP contribution in [0.5, 0.6) is 0 Å². The van der Waals surface area contributed by atoms with Crippen molar-refractivity contribution < 1.29 is 0 Å². The van der Waals surface area contributed by atoms with Gasteiger partial charge in [-0.2, -0.15) is 0 Å². The fourth-order valence-electron chi connectivity index (χ4n) is 4.60. The molecule has 1 heteroatoms. The van der Waals surface area contributed by atoms with E-state index in [-0.39, 0.29) is 0 Å². The Kier molecular flexibility index (Phi) is 2.91. The zero-order valence-corrected chi connectivity index (χ0v) is 12.0. The highest BCUT2D eigenvalue weighted by Gasteiger charge is 2.47. The van der Waals surface area contributed by atoms with Crippen LogP contribution in [-0.2, 0) is 12.8 Å². The highest BCUT2D eigenvalue weighted by atomic mass is 14.9. The van der Waals surface area contributed by atoms with E-state index in [0.717, 1.165) is 24.3 Å².